The Morgan fingerprint density at radius 1 is 1.12 bits per heavy atom. The van der Waals surface area contributed by atoms with Gasteiger partial charge in [-0.25, -0.2) is 0 Å². The van der Waals surface area contributed by atoms with Gasteiger partial charge in [-0.15, -0.1) is 0 Å². The molecule has 2 aromatic carbocycles. The first kappa shape index (κ1) is 21.8. The van der Waals surface area contributed by atoms with Crippen LogP contribution in [0.2, 0.25) is 0 Å². The summed E-state index contributed by atoms with van der Waals surface area (Å²) in [7, 11) is 0. The van der Waals surface area contributed by atoms with E-state index in [9.17, 15) is 14.9 Å². The SMILES string of the molecule is Cc1ccc(Cn2cc(NC(=O)c3ccc(COc4ccc(C)cc4[N+](=O)[O-])o3)cn2)cc1. The lowest BCUT2D eigenvalue weighted by Gasteiger charge is -2.06. The highest BCUT2D eigenvalue weighted by Crippen LogP contribution is 2.28. The van der Waals surface area contributed by atoms with Gasteiger partial charge >= 0.3 is 5.69 Å². The van der Waals surface area contributed by atoms with Crippen molar-refractivity contribution >= 4 is 17.3 Å². The molecule has 2 aromatic heterocycles. The number of anilines is 1. The molecule has 0 aliphatic carbocycles. The number of aryl methyl sites for hydroxylation is 2. The van der Waals surface area contributed by atoms with E-state index in [1.54, 1.807) is 36.1 Å². The molecule has 9 heteroatoms. The first-order chi connectivity index (χ1) is 15.9. The van der Waals surface area contributed by atoms with Crippen LogP contribution in [0.1, 0.15) is 33.0 Å². The Morgan fingerprint density at radius 2 is 1.88 bits per heavy atom. The molecule has 0 fully saturated rings. The maximum atomic E-state index is 12.5. The van der Waals surface area contributed by atoms with Gasteiger partial charge in [0.2, 0.25) is 0 Å². The summed E-state index contributed by atoms with van der Waals surface area (Å²) in [6, 6.07) is 16.0. The predicted molar refractivity (Wildman–Crippen MR) is 121 cm³/mol. The highest BCUT2D eigenvalue weighted by Gasteiger charge is 2.17. The Kier molecular flexibility index (Phi) is 6.21. The second kappa shape index (κ2) is 9.39. The molecule has 0 saturated carbocycles. The zero-order chi connectivity index (χ0) is 23.4. The van der Waals surface area contributed by atoms with Gasteiger partial charge in [-0.3, -0.25) is 19.6 Å². The van der Waals surface area contributed by atoms with Gasteiger partial charge in [-0.2, -0.15) is 5.10 Å². The van der Waals surface area contributed by atoms with Crippen LogP contribution in [0, 0.1) is 24.0 Å². The van der Waals surface area contributed by atoms with E-state index in [0.29, 0.717) is 18.0 Å². The van der Waals surface area contributed by atoms with Gasteiger partial charge in [-0.1, -0.05) is 35.9 Å². The van der Waals surface area contributed by atoms with Crippen LogP contribution in [0.25, 0.3) is 0 Å². The fourth-order valence-corrected chi connectivity index (χ4v) is 3.21. The zero-order valence-corrected chi connectivity index (χ0v) is 18.1. The largest absolute Gasteiger partial charge is 0.479 e. The molecule has 4 rings (SSSR count). The molecule has 0 saturated heterocycles. The van der Waals surface area contributed by atoms with E-state index in [2.05, 4.69) is 10.4 Å². The van der Waals surface area contributed by atoms with Crippen LogP contribution in [0.5, 0.6) is 5.75 Å². The number of nitrogens with one attached hydrogen (secondary N) is 1. The Labute approximate surface area is 189 Å². The second-order valence-corrected chi connectivity index (χ2v) is 7.65. The quantitative estimate of drug-likeness (QED) is 0.305. The van der Waals surface area contributed by atoms with E-state index in [0.717, 1.165) is 11.1 Å². The Bertz CT molecular complexity index is 1290. The van der Waals surface area contributed by atoms with Crippen molar-refractivity contribution in [1.29, 1.82) is 0 Å². The first-order valence-corrected chi connectivity index (χ1v) is 10.2. The smallest absolute Gasteiger partial charge is 0.311 e. The number of nitro benzene ring substituents is 1. The molecule has 0 radical (unpaired) electrons. The average Bonchev–Trinajstić information content (AvgIpc) is 3.44. The van der Waals surface area contributed by atoms with Crippen molar-refractivity contribution in [3.05, 3.63) is 105 Å². The standard InChI is InChI=1S/C24H22N4O5/c1-16-3-6-18(7-4-16)13-27-14-19(12-25-27)26-24(29)23-10-8-20(33-23)15-32-22-9-5-17(2)11-21(22)28(30)31/h3-12,14H,13,15H2,1-2H3,(H,26,29). The summed E-state index contributed by atoms with van der Waals surface area (Å²) in [5.41, 5.74) is 3.46. The molecule has 33 heavy (non-hydrogen) atoms. The lowest BCUT2D eigenvalue weighted by Crippen LogP contribution is -2.10. The minimum atomic E-state index is -0.498. The van der Waals surface area contributed by atoms with Crippen LogP contribution in [-0.2, 0) is 13.2 Å². The molecular weight excluding hydrogens is 424 g/mol. The topological polar surface area (TPSA) is 112 Å². The number of carbonyl (C=O) groups is 1. The van der Waals surface area contributed by atoms with Crippen LogP contribution in [-0.4, -0.2) is 20.6 Å². The summed E-state index contributed by atoms with van der Waals surface area (Å²) < 4.78 is 12.8. The zero-order valence-electron chi connectivity index (χ0n) is 18.1. The highest BCUT2D eigenvalue weighted by molar-refractivity contribution is 6.02. The summed E-state index contributed by atoms with van der Waals surface area (Å²) in [6.07, 6.45) is 3.30. The number of ether oxygens (including phenoxy) is 1. The van der Waals surface area contributed by atoms with Crippen LogP contribution in [0.15, 0.2) is 71.4 Å². The third kappa shape index (κ3) is 5.45. The van der Waals surface area contributed by atoms with E-state index in [4.69, 9.17) is 9.15 Å². The summed E-state index contributed by atoms with van der Waals surface area (Å²) in [4.78, 5) is 23.2. The van der Waals surface area contributed by atoms with Gasteiger partial charge in [0.15, 0.2) is 11.5 Å². The van der Waals surface area contributed by atoms with E-state index >= 15 is 0 Å². The fraction of sp³-hybridized carbons (Fsp3) is 0.167. The molecule has 1 N–H and O–H groups in total. The van der Waals surface area contributed by atoms with Gasteiger partial charge in [0.1, 0.15) is 12.4 Å². The van der Waals surface area contributed by atoms with E-state index < -0.39 is 10.8 Å². The Hall–Kier alpha value is -4.40. The number of furan rings is 1. The van der Waals surface area contributed by atoms with Crippen molar-refractivity contribution in [2.75, 3.05) is 5.32 Å². The number of nitro groups is 1. The van der Waals surface area contributed by atoms with Crippen LogP contribution >= 0.6 is 0 Å². The van der Waals surface area contributed by atoms with E-state index in [1.165, 1.54) is 23.8 Å². The van der Waals surface area contributed by atoms with Crippen LogP contribution in [0.4, 0.5) is 11.4 Å². The third-order valence-corrected chi connectivity index (χ3v) is 4.92. The molecule has 0 aliphatic heterocycles. The number of aromatic nitrogens is 2. The highest BCUT2D eigenvalue weighted by atomic mass is 16.6. The molecule has 0 spiro atoms. The van der Waals surface area contributed by atoms with E-state index in [-0.39, 0.29) is 23.8 Å². The summed E-state index contributed by atoms with van der Waals surface area (Å²) in [5.74, 6) is 0.162. The number of amides is 1. The fourth-order valence-electron chi connectivity index (χ4n) is 3.21. The maximum absolute atomic E-state index is 12.5. The van der Waals surface area contributed by atoms with Gasteiger partial charge in [0.05, 0.1) is 23.4 Å². The lowest BCUT2D eigenvalue weighted by molar-refractivity contribution is -0.386. The normalized spacial score (nSPS) is 10.7. The number of hydrogen-bond donors (Lipinski definition) is 1. The number of nitrogens with zero attached hydrogens (tertiary/aromatic N) is 3. The summed E-state index contributed by atoms with van der Waals surface area (Å²) in [6.45, 7) is 4.33. The molecule has 0 bridgehead atoms. The molecule has 0 atom stereocenters. The Morgan fingerprint density at radius 3 is 2.64 bits per heavy atom. The minimum absolute atomic E-state index is 0.0499. The number of carbonyl (C=O) groups excluding carboxylic acids is 1. The lowest BCUT2D eigenvalue weighted by atomic mass is 10.1. The predicted octanol–water partition coefficient (Wildman–Crippen LogP) is 4.88. The van der Waals surface area contributed by atoms with Gasteiger partial charge < -0.3 is 14.5 Å². The molecule has 168 valence electrons. The summed E-state index contributed by atoms with van der Waals surface area (Å²) in [5, 5.41) is 18.2. The van der Waals surface area contributed by atoms with Gasteiger partial charge in [0.25, 0.3) is 5.91 Å². The first-order valence-electron chi connectivity index (χ1n) is 10.2. The average molecular weight is 446 g/mol. The van der Waals surface area contributed by atoms with E-state index in [1.807, 2.05) is 31.2 Å². The van der Waals surface area contributed by atoms with Crippen molar-refractivity contribution < 1.29 is 18.9 Å². The monoisotopic (exact) mass is 446 g/mol. The number of benzene rings is 2. The van der Waals surface area contributed by atoms with Gasteiger partial charge in [-0.05, 0) is 43.2 Å². The van der Waals surface area contributed by atoms with Crippen LogP contribution < -0.4 is 10.1 Å². The molecule has 1 amide bonds. The van der Waals surface area contributed by atoms with Crippen LogP contribution in [0.3, 0.4) is 0 Å². The van der Waals surface area contributed by atoms with Crippen molar-refractivity contribution in [3.8, 4) is 5.75 Å². The maximum Gasteiger partial charge on any atom is 0.311 e. The van der Waals surface area contributed by atoms with Crippen molar-refractivity contribution in [1.82, 2.24) is 9.78 Å². The number of hydrogen-bond acceptors (Lipinski definition) is 6. The Balaban J connectivity index is 1.35. The molecule has 0 aliphatic rings. The summed E-state index contributed by atoms with van der Waals surface area (Å²) >= 11 is 0. The molecular formula is C24H22N4O5. The minimum Gasteiger partial charge on any atom is -0.479 e. The molecule has 4 aromatic rings. The third-order valence-electron chi connectivity index (χ3n) is 4.92. The molecule has 0 unspecified atom stereocenters. The van der Waals surface area contributed by atoms with Crippen molar-refractivity contribution in [3.63, 3.8) is 0 Å². The molecule has 9 nitrogen and oxygen atoms in total. The van der Waals surface area contributed by atoms with Crippen molar-refractivity contribution in [2.24, 2.45) is 0 Å². The van der Waals surface area contributed by atoms with Gasteiger partial charge in [0, 0.05) is 12.3 Å². The molecule has 2 heterocycles. The number of rotatable bonds is 8. The second-order valence-electron chi connectivity index (χ2n) is 7.65. The van der Waals surface area contributed by atoms with Crippen molar-refractivity contribution in [2.45, 2.75) is 27.0 Å².